The fraction of sp³-hybridized carbons (Fsp3) is 0.316. The van der Waals surface area contributed by atoms with Crippen LogP contribution in [0.5, 0.6) is 11.5 Å². The third-order valence-electron chi connectivity index (χ3n) is 3.73. The molecule has 0 spiro atoms. The highest BCUT2D eigenvalue weighted by Crippen LogP contribution is 2.32. The van der Waals surface area contributed by atoms with Gasteiger partial charge >= 0.3 is 0 Å². The molecule has 3 rings (SSSR count). The molecule has 5 nitrogen and oxygen atoms in total. The largest absolute Gasteiger partial charge is 0.454 e. The Kier molecular flexibility index (Phi) is 4.89. The lowest BCUT2D eigenvalue weighted by Gasteiger charge is -2.10. The number of anilines is 1. The van der Waals surface area contributed by atoms with Crippen LogP contribution in [0.2, 0.25) is 0 Å². The second kappa shape index (κ2) is 7.25. The number of nitrogens with one attached hydrogen (secondary N) is 2. The fourth-order valence-electron chi connectivity index (χ4n) is 2.42. The Morgan fingerprint density at radius 1 is 1.12 bits per heavy atom. The van der Waals surface area contributed by atoms with Gasteiger partial charge in [-0.3, -0.25) is 4.79 Å². The molecular formula is C19H22N2O3. The Morgan fingerprint density at radius 2 is 1.96 bits per heavy atom. The molecule has 0 aromatic heterocycles. The summed E-state index contributed by atoms with van der Waals surface area (Å²) in [4.78, 5) is 12.1. The standard InChI is InChI=1S/C19H22N2O3/c1-13(2)10-21-19(22)15-4-3-5-16(9-15)20-11-14-6-7-17-18(8-14)24-12-23-17/h3-9,13,20H,10-12H2,1-2H3,(H,21,22). The summed E-state index contributed by atoms with van der Waals surface area (Å²) in [6.07, 6.45) is 0. The summed E-state index contributed by atoms with van der Waals surface area (Å²) < 4.78 is 10.7. The number of carbonyl (C=O) groups excluding carboxylic acids is 1. The first-order valence-electron chi connectivity index (χ1n) is 8.12. The van der Waals surface area contributed by atoms with Crippen molar-refractivity contribution in [3.63, 3.8) is 0 Å². The number of hydrogen-bond donors (Lipinski definition) is 2. The molecule has 2 aromatic rings. The fourth-order valence-corrected chi connectivity index (χ4v) is 2.42. The summed E-state index contributed by atoms with van der Waals surface area (Å²) in [5, 5.41) is 6.27. The molecule has 0 fully saturated rings. The molecule has 0 saturated heterocycles. The predicted molar refractivity (Wildman–Crippen MR) is 93.5 cm³/mol. The Hall–Kier alpha value is -2.69. The van der Waals surface area contributed by atoms with Gasteiger partial charge in [0.25, 0.3) is 5.91 Å². The Morgan fingerprint density at radius 3 is 2.79 bits per heavy atom. The van der Waals surface area contributed by atoms with E-state index in [2.05, 4.69) is 24.5 Å². The highest BCUT2D eigenvalue weighted by atomic mass is 16.7. The molecule has 1 amide bonds. The molecule has 1 aliphatic rings. The van der Waals surface area contributed by atoms with Crippen molar-refractivity contribution in [3.8, 4) is 11.5 Å². The van der Waals surface area contributed by atoms with Crippen molar-refractivity contribution in [1.82, 2.24) is 5.32 Å². The molecule has 0 saturated carbocycles. The van der Waals surface area contributed by atoms with Crippen LogP contribution in [0.25, 0.3) is 0 Å². The number of hydrogen-bond acceptors (Lipinski definition) is 4. The summed E-state index contributed by atoms with van der Waals surface area (Å²) in [7, 11) is 0. The van der Waals surface area contributed by atoms with Crippen molar-refractivity contribution < 1.29 is 14.3 Å². The van der Waals surface area contributed by atoms with Crippen molar-refractivity contribution in [2.75, 3.05) is 18.7 Å². The van der Waals surface area contributed by atoms with E-state index < -0.39 is 0 Å². The molecule has 126 valence electrons. The number of benzene rings is 2. The van der Waals surface area contributed by atoms with Gasteiger partial charge in [0.05, 0.1) is 0 Å². The maximum atomic E-state index is 12.1. The summed E-state index contributed by atoms with van der Waals surface area (Å²) >= 11 is 0. The summed E-state index contributed by atoms with van der Waals surface area (Å²) in [5.74, 6) is 1.94. The van der Waals surface area contributed by atoms with Crippen molar-refractivity contribution in [1.29, 1.82) is 0 Å². The lowest BCUT2D eigenvalue weighted by atomic mass is 10.1. The Balaban J connectivity index is 1.61. The summed E-state index contributed by atoms with van der Waals surface area (Å²) in [5.41, 5.74) is 2.66. The van der Waals surface area contributed by atoms with Crippen molar-refractivity contribution in [2.45, 2.75) is 20.4 Å². The van der Waals surface area contributed by atoms with E-state index in [1.807, 2.05) is 42.5 Å². The van der Waals surface area contributed by atoms with Crippen LogP contribution in [0.3, 0.4) is 0 Å². The monoisotopic (exact) mass is 326 g/mol. The molecule has 0 radical (unpaired) electrons. The molecule has 1 aliphatic heterocycles. The zero-order valence-corrected chi connectivity index (χ0v) is 14.0. The smallest absolute Gasteiger partial charge is 0.251 e. The molecule has 0 aliphatic carbocycles. The van der Waals surface area contributed by atoms with Crippen molar-refractivity contribution >= 4 is 11.6 Å². The molecule has 0 atom stereocenters. The minimum absolute atomic E-state index is 0.0459. The maximum absolute atomic E-state index is 12.1. The SMILES string of the molecule is CC(C)CNC(=O)c1cccc(NCc2ccc3c(c2)OCO3)c1. The van der Waals surface area contributed by atoms with Crippen LogP contribution in [-0.2, 0) is 6.54 Å². The molecule has 5 heteroatoms. The van der Waals surface area contributed by atoms with Crippen LogP contribution in [0.1, 0.15) is 29.8 Å². The van der Waals surface area contributed by atoms with Gasteiger partial charge in [0, 0.05) is 24.3 Å². The van der Waals surface area contributed by atoms with Crippen LogP contribution < -0.4 is 20.1 Å². The Labute approximate surface area is 142 Å². The van der Waals surface area contributed by atoms with E-state index in [1.54, 1.807) is 0 Å². The number of fused-ring (bicyclic) bond motifs is 1. The van der Waals surface area contributed by atoms with E-state index >= 15 is 0 Å². The highest BCUT2D eigenvalue weighted by Gasteiger charge is 2.13. The van der Waals surface area contributed by atoms with Crippen LogP contribution >= 0.6 is 0 Å². The minimum Gasteiger partial charge on any atom is -0.454 e. The van der Waals surface area contributed by atoms with E-state index in [4.69, 9.17) is 9.47 Å². The van der Waals surface area contributed by atoms with E-state index in [9.17, 15) is 4.79 Å². The van der Waals surface area contributed by atoms with Crippen molar-refractivity contribution in [2.24, 2.45) is 5.92 Å². The Bertz CT molecular complexity index is 728. The first kappa shape index (κ1) is 16.2. The predicted octanol–water partition coefficient (Wildman–Crippen LogP) is 3.41. The lowest BCUT2D eigenvalue weighted by Crippen LogP contribution is -2.27. The van der Waals surface area contributed by atoms with Gasteiger partial charge in [0.2, 0.25) is 6.79 Å². The van der Waals surface area contributed by atoms with Gasteiger partial charge < -0.3 is 20.1 Å². The molecule has 2 aromatic carbocycles. The maximum Gasteiger partial charge on any atom is 0.251 e. The third-order valence-corrected chi connectivity index (χ3v) is 3.73. The molecule has 1 heterocycles. The summed E-state index contributed by atoms with van der Waals surface area (Å²) in [6, 6.07) is 13.4. The topological polar surface area (TPSA) is 59.6 Å². The quantitative estimate of drug-likeness (QED) is 0.854. The van der Waals surface area contributed by atoms with E-state index in [0.29, 0.717) is 24.6 Å². The van der Waals surface area contributed by atoms with Gasteiger partial charge in [-0.1, -0.05) is 26.0 Å². The molecule has 2 N–H and O–H groups in total. The van der Waals surface area contributed by atoms with Crippen LogP contribution in [0.15, 0.2) is 42.5 Å². The highest BCUT2D eigenvalue weighted by molar-refractivity contribution is 5.95. The lowest BCUT2D eigenvalue weighted by molar-refractivity contribution is 0.0949. The van der Waals surface area contributed by atoms with Gasteiger partial charge in [-0.15, -0.1) is 0 Å². The van der Waals surface area contributed by atoms with E-state index in [0.717, 1.165) is 22.7 Å². The van der Waals surface area contributed by atoms with Crippen LogP contribution in [0.4, 0.5) is 5.69 Å². The zero-order chi connectivity index (χ0) is 16.9. The second-order valence-electron chi connectivity index (χ2n) is 6.23. The number of rotatable bonds is 6. The zero-order valence-electron chi connectivity index (χ0n) is 14.0. The molecule has 24 heavy (non-hydrogen) atoms. The minimum atomic E-state index is -0.0459. The number of amides is 1. The average Bonchev–Trinajstić information content (AvgIpc) is 3.05. The van der Waals surface area contributed by atoms with Gasteiger partial charge in [-0.25, -0.2) is 0 Å². The number of ether oxygens (including phenoxy) is 2. The van der Waals surface area contributed by atoms with Crippen LogP contribution in [-0.4, -0.2) is 19.2 Å². The van der Waals surface area contributed by atoms with E-state index in [1.165, 1.54) is 0 Å². The first-order valence-corrected chi connectivity index (χ1v) is 8.12. The molecule has 0 unspecified atom stereocenters. The van der Waals surface area contributed by atoms with Gasteiger partial charge in [0.1, 0.15) is 0 Å². The average molecular weight is 326 g/mol. The normalized spacial score (nSPS) is 12.3. The summed E-state index contributed by atoms with van der Waals surface area (Å²) in [6.45, 7) is 5.74. The van der Waals surface area contributed by atoms with Gasteiger partial charge in [-0.2, -0.15) is 0 Å². The van der Waals surface area contributed by atoms with Crippen LogP contribution in [0, 0.1) is 5.92 Å². The first-order chi connectivity index (χ1) is 11.6. The molecule has 0 bridgehead atoms. The van der Waals surface area contributed by atoms with E-state index in [-0.39, 0.29) is 12.7 Å². The van der Waals surface area contributed by atoms with Crippen molar-refractivity contribution in [3.05, 3.63) is 53.6 Å². The van der Waals surface area contributed by atoms with Gasteiger partial charge in [-0.05, 0) is 41.8 Å². The third kappa shape index (κ3) is 3.98. The number of carbonyl (C=O) groups is 1. The second-order valence-corrected chi connectivity index (χ2v) is 6.23. The molecular weight excluding hydrogens is 304 g/mol. The van der Waals surface area contributed by atoms with Gasteiger partial charge in [0.15, 0.2) is 11.5 Å².